The quantitative estimate of drug-likeness (QED) is 0.729. The van der Waals surface area contributed by atoms with Gasteiger partial charge < -0.3 is 19.5 Å². The first-order chi connectivity index (χ1) is 13.7. The third kappa shape index (κ3) is 3.88. The van der Waals surface area contributed by atoms with Gasteiger partial charge in [-0.15, -0.1) is 0 Å². The number of carbonyl (C=O) groups is 1. The molecule has 28 heavy (non-hydrogen) atoms. The Morgan fingerprint density at radius 1 is 1.07 bits per heavy atom. The summed E-state index contributed by atoms with van der Waals surface area (Å²) in [6.07, 6.45) is 1.51. The fourth-order valence-electron chi connectivity index (χ4n) is 2.76. The van der Waals surface area contributed by atoms with E-state index in [9.17, 15) is 9.18 Å². The lowest BCUT2D eigenvalue weighted by molar-refractivity contribution is 0.102. The van der Waals surface area contributed by atoms with E-state index in [4.69, 9.17) is 14.2 Å². The van der Waals surface area contributed by atoms with Gasteiger partial charge >= 0.3 is 0 Å². The molecule has 0 fully saturated rings. The molecule has 0 aliphatic carbocycles. The maximum absolute atomic E-state index is 13.8. The first-order valence-electron chi connectivity index (χ1n) is 8.73. The van der Waals surface area contributed by atoms with Gasteiger partial charge in [0.25, 0.3) is 5.91 Å². The van der Waals surface area contributed by atoms with Crippen LogP contribution in [0.1, 0.15) is 15.9 Å². The number of halogens is 1. The van der Waals surface area contributed by atoms with Crippen molar-refractivity contribution in [1.82, 2.24) is 4.98 Å². The summed E-state index contributed by atoms with van der Waals surface area (Å²) in [5, 5.41) is 2.79. The van der Waals surface area contributed by atoms with Crippen molar-refractivity contribution in [1.29, 1.82) is 0 Å². The SMILES string of the molecule is O=C(Nc1ccc2c(c1)OCCO2)c1cccnc1OCc1ccccc1F. The fraction of sp³-hybridized carbons (Fsp3) is 0.143. The van der Waals surface area contributed by atoms with E-state index in [2.05, 4.69) is 10.3 Å². The van der Waals surface area contributed by atoms with Crippen LogP contribution in [0.2, 0.25) is 0 Å². The molecule has 1 N–H and O–H groups in total. The second kappa shape index (κ2) is 7.96. The van der Waals surface area contributed by atoms with E-state index >= 15 is 0 Å². The third-order valence-corrected chi connectivity index (χ3v) is 4.14. The standard InChI is InChI=1S/C21H17FN2O4/c22-17-6-2-1-4-14(17)13-28-21-16(5-3-9-23-21)20(25)24-15-7-8-18-19(12-15)27-11-10-26-18/h1-9,12H,10-11,13H2,(H,24,25). The van der Waals surface area contributed by atoms with Crippen molar-refractivity contribution in [2.24, 2.45) is 0 Å². The van der Waals surface area contributed by atoms with E-state index in [1.807, 2.05) is 0 Å². The highest BCUT2D eigenvalue weighted by molar-refractivity contribution is 6.05. The number of pyridine rings is 1. The molecule has 1 amide bonds. The lowest BCUT2D eigenvalue weighted by Gasteiger charge is -2.19. The third-order valence-electron chi connectivity index (χ3n) is 4.14. The number of hydrogen-bond acceptors (Lipinski definition) is 5. The molecule has 7 heteroatoms. The largest absolute Gasteiger partial charge is 0.486 e. The van der Waals surface area contributed by atoms with Gasteiger partial charge in [-0.25, -0.2) is 9.37 Å². The molecule has 0 saturated carbocycles. The van der Waals surface area contributed by atoms with Gasteiger partial charge in [0.05, 0.1) is 0 Å². The molecule has 0 bridgehead atoms. The molecule has 0 saturated heterocycles. The average Bonchev–Trinajstić information content (AvgIpc) is 2.73. The number of hydrogen-bond donors (Lipinski definition) is 1. The van der Waals surface area contributed by atoms with E-state index in [0.29, 0.717) is 36.0 Å². The predicted molar refractivity (Wildman–Crippen MR) is 100 cm³/mol. The zero-order chi connectivity index (χ0) is 19.3. The lowest BCUT2D eigenvalue weighted by Crippen LogP contribution is -2.17. The van der Waals surface area contributed by atoms with Crippen molar-refractivity contribution in [3.63, 3.8) is 0 Å². The monoisotopic (exact) mass is 380 g/mol. The van der Waals surface area contributed by atoms with E-state index in [0.717, 1.165) is 0 Å². The number of benzene rings is 2. The van der Waals surface area contributed by atoms with Crippen LogP contribution in [0.3, 0.4) is 0 Å². The Hall–Kier alpha value is -3.61. The number of carbonyl (C=O) groups excluding carboxylic acids is 1. The number of amides is 1. The minimum Gasteiger partial charge on any atom is -0.486 e. The molecule has 0 atom stereocenters. The second-order valence-corrected chi connectivity index (χ2v) is 6.05. The lowest BCUT2D eigenvalue weighted by atomic mass is 10.2. The Bertz CT molecular complexity index is 1010. The van der Waals surface area contributed by atoms with E-state index in [1.165, 1.54) is 12.3 Å². The van der Waals surface area contributed by atoms with Crippen molar-refractivity contribution >= 4 is 11.6 Å². The Kier molecular flexibility index (Phi) is 5.05. The highest BCUT2D eigenvalue weighted by Crippen LogP contribution is 2.33. The second-order valence-electron chi connectivity index (χ2n) is 6.05. The van der Waals surface area contributed by atoms with Crippen LogP contribution in [0.4, 0.5) is 10.1 Å². The smallest absolute Gasteiger partial charge is 0.261 e. The number of aromatic nitrogens is 1. The normalized spacial score (nSPS) is 12.3. The molecule has 1 aromatic heterocycles. The molecule has 0 unspecified atom stereocenters. The van der Waals surface area contributed by atoms with Gasteiger partial charge in [-0.05, 0) is 30.3 Å². The number of nitrogens with one attached hydrogen (secondary N) is 1. The summed E-state index contributed by atoms with van der Waals surface area (Å²) >= 11 is 0. The van der Waals surface area contributed by atoms with Crippen LogP contribution in [-0.4, -0.2) is 24.1 Å². The van der Waals surface area contributed by atoms with Gasteiger partial charge in [-0.1, -0.05) is 18.2 Å². The Balaban J connectivity index is 1.49. The van der Waals surface area contributed by atoms with Crippen molar-refractivity contribution in [3.8, 4) is 17.4 Å². The minimum atomic E-state index is -0.395. The summed E-state index contributed by atoms with van der Waals surface area (Å²) in [5.74, 6) is 0.570. The molecular formula is C21H17FN2O4. The number of fused-ring (bicyclic) bond motifs is 1. The molecule has 0 radical (unpaired) electrons. The minimum absolute atomic E-state index is 0.0337. The van der Waals surface area contributed by atoms with Crippen LogP contribution >= 0.6 is 0 Å². The van der Waals surface area contributed by atoms with E-state index in [1.54, 1.807) is 48.5 Å². The van der Waals surface area contributed by atoms with Crippen molar-refractivity contribution in [2.45, 2.75) is 6.61 Å². The summed E-state index contributed by atoms with van der Waals surface area (Å²) in [4.78, 5) is 16.8. The first-order valence-corrected chi connectivity index (χ1v) is 8.73. The maximum atomic E-state index is 13.8. The number of nitrogens with zero attached hydrogens (tertiary/aromatic N) is 1. The zero-order valence-corrected chi connectivity index (χ0v) is 14.9. The van der Waals surface area contributed by atoms with Crippen LogP contribution in [-0.2, 0) is 6.61 Å². The average molecular weight is 380 g/mol. The molecule has 6 nitrogen and oxygen atoms in total. The first kappa shape index (κ1) is 17.8. The fourth-order valence-corrected chi connectivity index (χ4v) is 2.76. The number of rotatable bonds is 5. The summed E-state index contributed by atoms with van der Waals surface area (Å²) in [5.41, 5.74) is 1.18. The van der Waals surface area contributed by atoms with Gasteiger partial charge in [0.1, 0.15) is 31.2 Å². The predicted octanol–water partition coefficient (Wildman–Crippen LogP) is 3.82. The molecule has 1 aliphatic heterocycles. The van der Waals surface area contributed by atoms with Gasteiger partial charge in [0.15, 0.2) is 11.5 Å². The molecule has 142 valence electrons. The van der Waals surface area contributed by atoms with Crippen LogP contribution in [0.5, 0.6) is 17.4 Å². The highest BCUT2D eigenvalue weighted by atomic mass is 19.1. The van der Waals surface area contributed by atoms with Gasteiger partial charge in [0.2, 0.25) is 5.88 Å². The van der Waals surface area contributed by atoms with Crippen LogP contribution < -0.4 is 19.5 Å². The Morgan fingerprint density at radius 3 is 2.75 bits per heavy atom. The highest BCUT2D eigenvalue weighted by Gasteiger charge is 2.17. The molecule has 4 rings (SSSR count). The van der Waals surface area contributed by atoms with Gasteiger partial charge in [0, 0.05) is 23.5 Å². The summed E-state index contributed by atoms with van der Waals surface area (Å²) in [7, 11) is 0. The molecule has 1 aliphatic rings. The molecular weight excluding hydrogens is 363 g/mol. The van der Waals surface area contributed by atoms with Crippen LogP contribution in [0, 0.1) is 5.82 Å². The topological polar surface area (TPSA) is 69.7 Å². The van der Waals surface area contributed by atoms with Crippen molar-refractivity contribution < 1.29 is 23.4 Å². The van der Waals surface area contributed by atoms with Gasteiger partial charge in [-0.3, -0.25) is 4.79 Å². The number of anilines is 1. The zero-order valence-electron chi connectivity index (χ0n) is 14.9. The van der Waals surface area contributed by atoms with Gasteiger partial charge in [-0.2, -0.15) is 0 Å². The molecule has 0 spiro atoms. The molecule has 2 heterocycles. The summed E-state index contributed by atoms with van der Waals surface area (Å²) in [6.45, 7) is 0.923. The molecule has 2 aromatic carbocycles. The maximum Gasteiger partial charge on any atom is 0.261 e. The Morgan fingerprint density at radius 2 is 1.89 bits per heavy atom. The van der Waals surface area contributed by atoms with Crippen LogP contribution in [0.25, 0.3) is 0 Å². The van der Waals surface area contributed by atoms with Crippen LogP contribution in [0.15, 0.2) is 60.8 Å². The Labute approximate surface area is 160 Å². The summed E-state index contributed by atoms with van der Waals surface area (Å²) < 4.78 is 30.4. The van der Waals surface area contributed by atoms with Crippen molar-refractivity contribution in [3.05, 3.63) is 77.7 Å². The molecule has 3 aromatic rings. The van der Waals surface area contributed by atoms with Crippen molar-refractivity contribution in [2.75, 3.05) is 18.5 Å². The van der Waals surface area contributed by atoms with E-state index in [-0.39, 0.29) is 23.9 Å². The van der Waals surface area contributed by atoms with E-state index < -0.39 is 5.91 Å². The number of ether oxygens (including phenoxy) is 3. The summed E-state index contributed by atoms with van der Waals surface area (Å²) in [6, 6.07) is 14.7.